The Labute approximate surface area is 392 Å². The van der Waals surface area contributed by atoms with Gasteiger partial charge in [0.05, 0.1) is 39.9 Å². The molecule has 0 saturated heterocycles. The van der Waals surface area contributed by atoms with Gasteiger partial charge in [0.15, 0.2) is 0 Å². The predicted octanol–water partition coefficient (Wildman–Crippen LogP) is 15.6. The van der Waals surface area contributed by atoms with Crippen molar-refractivity contribution in [2.75, 3.05) is 40.9 Å². The molecule has 0 aliphatic heterocycles. The zero-order valence-electron chi connectivity index (χ0n) is 42.8. The molecule has 0 aliphatic rings. The van der Waals surface area contributed by atoms with Crippen molar-refractivity contribution in [1.82, 2.24) is 5.32 Å². The summed E-state index contributed by atoms with van der Waals surface area (Å²) in [5.41, 5.74) is 0. The Morgan fingerprint density at radius 1 is 0.540 bits per heavy atom. The minimum Gasteiger partial charge on any atom is -0.756 e. The van der Waals surface area contributed by atoms with Gasteiger partial charge in [-0.25, -0.2) is 0 Å². The summed E-state index contributed by atoms with van der Waals surface area (Å²) in [7, 11) is 1.28. The van der Waals surface area contributed by atoms with Crippen molar-refractivity contribution in [3.8, 4) is 0 Å². The minimum atomic E-state index is -4.59. The van der Waals surface area contributed by atoms with Crippen molar-refractivity contribution in [2.45, 2.75) is 289 Å². The third-order valence-corrected chi connectivity index (χ3v) is 13.7. The highest BCUT2D eigenvalue weighted by Gasteiger charge is 2.23. The molecule has 0 aromatic carbocycles. The van der Waals surface area contributed by atoms with E-state index in [1.807, 2.05) is 27.2 Å². The number of amides is 1. The molecule has 9 heteroatoms. The van der Waals surface area contributed by atoms with Crippen LogP contribution in [-0.4, -0.2) is 68.5 Å². The molecule has 0 aliphatic carbocycles. The van der Waals surface area contributed by atoms with Crippen LogP contribution < -0.4 is 10.2 Å². The lowest BCUT2D eigenvalue weighted by Crippen LogP contribution is -2.45. The number of rotatable bonds is 51. The first-order valence-electron chi connectivity index (χ1n) is 27.6. The maximum Gasteiger partial charge on any atom is 0.268 e. The average Bonchev–Trinajstić information content (AvgIpc) is 3.24. The molecule has 63 heavy (non-hydrogen) atoms. The summed E-state index contributed by atoms with van der Waals surface area (Å²) in [6.07, 6.45) is 55.6. The number of nitrogens with zero attached hydrogens (tertiary/aromatic N) is 1. The quantitative estimate of drug-likeness (QED) is 0.0272. The standard InChI is InChI=1S/C54H109N2O6P/c1-6-8-10-12-14-16-18-20-22-24-25-26-27-28-29-30-31-32-34-36-38-40-42-44-46-48-54(58)55-52(51-62-63(59,60)61-50-49-56(3,4)5)53(57)47-45-43-41-39-37-35-33-23-21-19-17-15-13-11-9-7-2/h45,47,52-53,57H,6-44,46,48-51H2,1-5H3,(H-,55,58,59,60)/b47-45+/t52-,53+/m0/s1. The summed E-state index contributed by atoms with van der Waals surface area (Å²) in [5, 5.41) is 13.9. The summed E-state index contributed by atoms with van der Waals surface area (Å²) in [6.45, 7) is 4.69. The lowest BCUT2D eigenvalue weighted by Gasteiger charge is -2.29. The molecule has 0 saturated carbocycles. The van der Waals surface area contributed by atoms with Gasteiger partial charge in [0.2, 0.25) is 5.91 Å². The van der Waals surface area contributed by atoms with Gasteiger partial charge >= 0.3 is 0 Å². The summed E-state index contributed by atoms with van der Waals surface area (Å²) in [6, 6.07) is -0.881. The Kier molecular flexibility index (Phi) is 45.8. The molecule has 0 spiro atoms. The van der Waals surface area contributed by atoms with Gasteiger partial charge in [-0.1, -0.05) is 264 Å². The molecule has 1 unspecified atom stereocenters. The van der Waals surface area contributed by atoms with Gasteiger partial charge in [-0.05, 0) is 19.3 Å². The van der Waals surface area contributed by atoms with Gasteiger partial charge in [0.1, 0.15) is 13.2 Å². The second kappa shape index (κ2) is 46.4. The van der Waals surface area contributed by atoms with E-state index in [4.69, 9.17) is 9.05 Å². The summed E-state index contributed by atoms with van der Waals surface area (Å²) >= 11 is 0. The number of allylic oxidation sites excluding steroid dienone is 1. The number of aliphatic hydroxyl groups excluding tert-OH is 1. The first-order valence-corrected chi connectivity index (χ1v) is 29.0. The number of nitrogens with one attached hydrogen (secondary N) is 1. The summed E-state index contributed by atoms with van der Waals surface area (Å²) in [4.78, 5) is 25.4. The fourth-order valence-electron chi connectivity index (χ4n) is 8.39. The highest BCUT2D eigenvalue weighted by atomic mass is 31.2. The summed E-state index contributed by atoms with van der Waals surface area (Å²) < 4.78 is 23.3. The van der Waals surface area contributed by atoms with Crippen molar-refractivity contribution < 1.29 is 32.9 Å². The molecule has 0 rings (SSSR count). The van der Waals surface area contributed by atoms with E-state index < -0.39 is 20.0 Å². The fraction of sp³-hybridized carbons (Fsp3) is 0.944. The normalized spacial score (nSPS) is 14.1. The first-order chi connectivity index (χ1) is 30.5. The van der Waals surface area contributed by atoms with Crippen LogP contribution >= 0.6 is 7.82 Å². The molecule has 0 heterocycles. The van der Waals surface area contributed by atoms with Crippen LogP contribution in [0.2, 0.25) is 0 Å². The van der Waals surface area contributed by atoms with Crippen molar-refractivity contribution in [1.29, 1.82) is 0 Å². The lowest BCUT2D eigenvalue weighted by molar-refractivity contribution is -0.870. The van der Waals surface area contributed by atoms with Crippen molar-refractivity contribution in [3.63, 3.8) is 0 Å². The second-order valence-electron chi connectivity index (χ2n) is 20.3. The largest absolute Gasteiger partial charge is 0.756 e. The number of carbonyl (C=O) groups excluding carboxylic acids is 1. The number of hydrogen-bond acceptors (Lipinski definition) is 6. The third-order valence-electron chi connectivity index (χ3n) is 12.7. The third kappa shape index (κ3) is 49.0. The molecule has 0 radical (unpaired) electrons. The molecule has 0 aromatic rings. The molecule has 1 amide bonds. The lowest BCUT2D eigenvalue weighted by atomic mass is 10.0. The Morgan fingerprint density at radius 3 is 1.19 bits per heavy atom. The topological polar surface area (TPSA) is 108 Å². The van der Waals surface area contributed by atoms with Crippen LogP contribution in [0.1, 0.15) is 277 Å². The number of unbranched alkanes of at least 4 members (excludes halogenated alkanes) is 38. The van der Waals surface area contributed by atoms with Gasteiger partial charge < -0.3 is 28.8 Å². The van der Waals surface area contributed by atoms with E-state index in [1.165, 1.54) is 218 Å². The number of aliphatic hydroxyl groups is 1. The summed E-state index contributed by atoms with van der Waals surface area (Å²) in [5.74, 6) is -0.191. The molecule has 0 bridgehead atoms. The molecule has 8 nitrogen and oxygen atoms in total. The predicted molar refractivity (Wildman–Crippen MR) is 270 cm³/mol. The van der Waals surface area contributed by atoms with Gasteiger partial charge in [-0.3, -0.25) is 9.36 Å². The molecule has 3 atom stereocenters. The highest BCUT2D eigenvalue weighted by molar-refractivity contribution is 7.45. The molecular weight excluding hydrogens is 804 g/mol. The van der Waals surface area contributed by atoms with Crippen LogP contribution in [0.4, 0.5) is 0 Å². The number of quaternary nitrogens is 1. The van der Waals surface area contributed by atoms with Gasteiger partial charge in [-0.2, -0.15) is 0 Å². The SMILES string of the molecule is CCCCCCCCCCCCCCCC/C=C/[C@@H](O)[C@H](COP(=O)([O-])OCC[N+](C)(C)C)NC(=O)CCCCCCCCCCCCCCCCCCCCCCCCCCC. The van der Waals surface area contributed by atoms with Crippen molar-refractivity contribution in [2.24, 2.45) is 0 Å². The number of phosphoric acid groups is 1. The zero-order chi connectivity index (χ0) is 46.4. The molecular formula is C54H109N2O6P. The van der Waals surface area contributed by atoms with Gasteiger partial charge in [0.25, 0.3) is 7.82 Å². The van der Waals surface area contributed by atoms with Crippen molar-refractivity contribution in [3.05, 3.63) is 12.2 Å². The fourth-order valence-corrected chi connectivity index (χ4v) is 9.11. The molecule has 376 valence electrons. The maximum atomic E-state index is 12.9. The van der Waals surface area contributed by atoms with E-state index in [0.717, 1.165) is 38.5 Å². The minimum absolute atomic E-state index is 0.00252. The Bertz CT molecular complexity index is 1040. The van der Waals surface area contributed by atoms with E-state index in [2.05, 4.69) is 19.2 Å². The van der Waals surface area contributed by atoms with E-state index in [1.54, 1.807) is 6.08 Å². The zero-order valence-corrected chi connectivity index (χ0v) is 43.7. The van der Waals surface area contributed by atoms with Crippen molar-refractivity contribution >= 4 is 13.7 Å². The highest BCUT2D eigenvalue weighted by Crippen LogP contribution is 2.38. The maximum absolute atomic E-state index is 12.9. The number of phosphoric ester groups is 1. The van der Waals surface area contributed by atoms with Crippen LogP contribution in [-0.2, 0) is 18.4 Å². The van der Waals surface area contributed by atoms with Gasteiger partial charge in [-0.15, -0.1) is 0 Å². The van der Waals surface area contributed by atoms with Crippen LogP contribution in [0.25, 0.3) is 0 Å². The monoisotopic (exact) mass is 913 g/mol. The molecule has 0 aromatic heterocycles. The second-order valence-corrected chi connectivity index (χ2v) is 21.7. The first kappa shape index (κ1) is 62.2. The van der Waals surface area contributed by atoms with E-state index >= 15 is 0 Å². The van der Waals surface area contributed by atoms with Gasteiger partial charge in [0, 0.05) is 6.42 Å². The average molecular weight is 913 g/mol. The molecule has 0 fully saturated rings. The van der Waals surface area contributed by atoms with E-state index in [9.17, 15) is 19.4 Å². The Balaban J connectivity index is 4.16. The number of carbonyl (C=O) groups is 1. The van der Waals surface area contributed by atoms with Crippen LogP contribution in [0, 0.1) is 0 Å². The van der Waals surface area contributed by atoms with Crippen LogP contribution in [0.5, 0.6) is 0 Å². The molecule has 2 N–H and O–H groups in total. The Morgan fingerprint density at radius 2 is 0.857 bits per heavy atom. The Hall–Kier alpha value is -0.760. The number of likely N-dealkylation sites (N-methyl/N-ethyl adjacent to an activating group) is 1. The van der Waals surface area contributed by atoms with E-state index in [0.29, 0.717) is 17.4 Å². The number of hydrogen-bond donors (Lipinski definition) is 2. The van der Waals surface area contributed by atoms with E-state index in [-0.39, 0.29) is 19.1 Å². The smallest absolute Gasteiger partial charge is 0.268 e. The van der Waals surface area contributed by atoms with Crippen LogP contribution in [0.15, 0.2) is 12.2 Å². The van der Waals surface area contributed by atoms with Crippen LogP contribution in [0.3, 0.4) is 0 Å².